The Bertz CT molecular complexity index is 188. The molecule has 0 aromatic carbocycles. The highest BCUT2D eigenvalue weighted by molar-refractivity contribution is 6.37. The van der Waals surface area contributed by atoms with Gasteiger partial charge < -0.3 is 14.4 Å². The molecule has 0 spiro atoms. The smallest absolute Gasteiger partial charge is 0.275 e. The van der Waals surface area contributed by atoms with E-state index in [0.29, 0.717) is 24.8 Å². The van der Waals surface area contributed by atoms with Crippen LogP contribution in [0.4, 0.5) is 0 Å². The molecule has 0 fully saturated rings. The second-order valence-electron chi connectivity index (χ2n) is 1.94. The fraction of sp³-hybridized carbons (Fsp3) is 0.667. The van der Waals surface area contributed by atoms with E-state index in [2.05, 4.69) is 15.1 Å². The molecule has 0 bridgehead atoms. The van der Waals surface area contributed by atoms with Crippen LogP contribution in [-0.4, -0.2) is 31.9 Å². The van der Waals surface area contributed by atoms with E-state index < -0.39 is 0 Å². The van der Waals surface area contributed by atoms with E-state index in [1.165, 1.54) is 7.11 Å². The number of rotatable bonds is 2. The van der Waals surface area contributed by atoms with E-state index >= 15 is 0 Å². The zero-order valence-corrected chi connectivity index (χ0v) is 6.53. The van der Waals surface area contributed by atoms with Crippen molar-refractivity contribution in [3.05, 3.63) is 0 Å². The lowest BCUT2D eigenvalue weighted by Crippen LogP contribution is -2.22. The molecule has 1 aliphatic heterocycles. The molecule has 1 heterocycles. The number of nitrogens with zero attached hydrogens (tertiary/aromatic N) is 2. The topological polar surface area (TPSA) is 52.4 Å². The summed E-state index contributed by atoms with van der Waals surface area (Å²) in [5.41, 5.74) is 0.576. The van der Waals surface area contributed by atoms with Crippen molar-refractivity contribution < 1.29 is 14.4 Å². The molecule has 5 heteroatoms. The minimum atomic E-state index is 0.387. The van der Waals surface area contributed by atoms with Crippen LogP contribution in [0.5, 0.6) is 0 Å². The quantitative estimate of drug-likeness (QED) is 0.431. The molecule has 0 aliphatic carbocycles. The second kappa shape index (κ2) is 3.80. The molecular weight excluding hydrogens is 148 g/mol. The maximum atomic E-state index is 5.11. The lowest BCUT2D eigenvalue weighted by atomic mass is 10.4. The molecule has 1 rings (SSSR count). The van der Waals surface area contributed by atoms with Gasteiger partial charge >= 0.3 is 0 Å². The van der Waals surface area contributed by atoms with Crippen molar-refractivity contribution in [2.24, 2.45) is 10.3 Å². The van der Waals surface area contributed by atoms with Gasteiger partial charge in [-0.2, -0.15) is 0 Å². The molecule has 0 saturated carbocycles. The third-order valence-corrected chi connectivity index (χ3v) is 1.10. The Kier molecular flexibility index (Phi) is 2.71. The Morgan fingerprint density at radius 3 is 3.00 bits per heavy atom. The largest absolute Gasteiger partial charge is 0.470 e. The summed E-state index contributed by atoms with van der Waals surface area (Å²) in [6, 6.07) is 0. The van der Waals surface area contributed by atoms with Crippen molar-refractivity contribution in [3.8, 4) is 0 Å². The summed E-state index contributed by atoms with van der Waals surface area (Å²) >= 11 is 0. The predicted octanol–water partition coefficient (Wildman–Crippen LogP) is 0.369. The van der Waals surface area contributed by atoms with Crippen LogP contribution in [0, 0.1) is 0 Å². The summed E-state index contributed by atoms with van der Waals surface area (Å²) in [5.74, 6) is 0.387. The summed E-state index contributed by atoms with van der Waals surface area (Å²) in [7, 11) is 1.47. The summed E-state index contributed by atoms with van der Waals surface area (Å²) in [4.78, 5) is 9.30. The van der Waals surface area contributed by atoms with E-state index in [0.717, 1.165) is 0 Å². The molecule has 0 N–H and O–H groups in total. The molecule has 0 radical (unpaired) electrons. The van der Waals surface area contributed by atoms with Crippen LogP contribution >= 0.6 is 0 Å². The molecule has 5 nitrogen and oxygen atoms in total. The van der Waals surface area contributed by atoms with Crippen LogP contribution < -0.4 is 0 Å². The van der Waals surface area contributed by atoms with Crippen molar-refractivity contribution in [1.29, 1.82) is 0 Å². The van der Waals surface area contributed by atoms with Crippen LogP contribution in [0.3, 0.4) is 0 Å². The lowest BCUT2D eigenvalue weighted by Gasteiger charge is -2.11. The maximum Gasteiger partial charge on any atom is 0.275 e. The number of oxime groups is 2. The number of hydrogen-bond acceptors (Lipinski definition) is 5. The van der Waals surface area contributed by atoms with Gasteiger partial charge in [0.05, 0.1) is 0 Å². The normalized spacial score (nSPS) is 18.0. The monoisotopic (exact) mass is 158 g/mol. The minimum Gasteiger partial charge on any atom is -0.470 e. The summed E-state index contributed by atoms with van der Waals surface area (Å²) in [6.45, 7) is 2.73. The molecule has 0 amide bonds. The average molecular weight is 158 g/mol. The van der Waals surface area contributed by atoms with Gasteiger partial charge in [-0.15, -0.1) is 0 Å². The standard InChI is InChI=1S/C6H10N2O3/c1-5(7-9-2)6-8-11-4-3-10-6/h3-4H2,1-2H3/b7-5-. The van der Waals surface area contributed by atoms with E-state index in [9.17, 15) is 0 Å². The van der Waals surface area contributed by atoms with Crippen molar-refractivity contribution in [2.45, 2.75) is 6.92 Å². The molecule has 62 valence electrons. The first-order valence-electron chi connectivity index (χ1n) is 3.25. The number of hydrogen-bond donors (Lipinski definition) is 0. The molecule has 0 saturated heterocycles. The van der Waals surface area contributed by atoms with Gasteiger partial charge in [-0.25, -0.2) is 0 Å². The van der Waals surface area contributed by atoms with Gasteiger partial charge in [0.2, 0.25) is 0 Å². The Morgan fingerprint density at radius 2 is 2.45 bits per heavy atom. The zero-order valence-electron chi connectivity index (χ0n) is 6.53. The second-order valence-corrected chi connectivity index (χ2v) is 1.94. The highest BCUT2D eigenvalue weighted by Crippen LogP contribution is 1.96. The lowest BCUT2D eigenvalue weighted by molar-refractivity contribution is 0.0671. The van der Waals surface area contributed by atoms with Crippen molar-refractivity contribution in [1.82, 2.24) is 0 Å². The first-order chi connectivity index (χ1) is 5.34. The molecular formula is C6H10N2O3. The number of ether oxygens (including phenoxy) is 1. The van der Waals surface area contributed by atoms with Gasteiger partial charge in [0.15, 0.2) is 6.61 Å². The van der Waals surface area contributed by atoms with E-state index in [4.69, 9.17) is 9.57 Å². The maximum absolute atomic E-state index is 5.11. The van der Waals surface area contributed by atoms with E-state index in [1.54, 1.807) is 6.92 Å². The zero-order chi connectivity index (χ0) is 8.10. The van der Waals surface area contributed by atoms with Gasteiger partial charge in [-0.3, -0.25) is 0 Å². The SMILES string of the molecule is CO/N=C(/C)C1=NOCCO1. The minimum absolute atomic E-state index is 0.387. The van der Waals surface area contributed by atoms with Crippen molar-refractivity contribution in [2.75, 3.05) is 20.3 Å². The summed E-state index contributed by atoms with van der Waals surface area (Å²) < 4.78 is 5.11. The van der Waals surface area contributed by atoms with Crippen molar-refractivity contribution >= 4 is 11.6 Å². The highest BCUT2D eigenvalue weighted by atomic mass is 16.7. The van der Waals surface area contributed by atoms with Crippen LogP contribution in [0.1, 0.15) is 6.92 Å². The van der Waals surface area contributed by atoms with Crippen LogP contribution in [0.25, 0.3) is 0 Å². The Hall–Kier alpha value is -1.26. The summed E-state index contributed by atoms with van der Waals surface area (Å²) in [6.07, 6.45) is 0. The highest BCUT2D eigenvalue weighted by Gasteiger charge is 2.10. The Balaban J connectivity index is 2.58. The molecule has 0 aromatic heterocycles. The fourth-order valence-corrected chi connectivity index (χ4v) is 0.653. The van der Waals surface area contributed by atoms with E-state index in [1.807, 2.05) is 0 Å². The molecule has 0 unspecified atom stereocenters. The van der Waals surface area contributed by atoms with Crippen LogP contribution in [0.15, 0.2) is 10.3 Å². The van der Waals surface area contributed by atoms with Crippen molar-refractivity contribution in [3.63, 3.8) is 0 Å². The molecule has 0 atom stereocenters. The molecule has 1 aliphatic rings. The molecule has 11 heavy (non-hydrogen) atoms. The van der Waals surface area contributed by atoms with E-state index in [-0.39, 0.29) is 0 Å². The first-order valence-corrected chi connectivity index (χ1v) is 3.25. The third-order valence-electron chi connectivity index (χ3n) is 1.10. The average Bonchev–Trinajstić information content (AvgIpc) is 2.07. The Labute approximate surface area is 64.6 Å². The van der Waals surface area contributed by atoms with Gasteiger partial charge in [0.25, 0.3) is 5.90 Å². The van der Waals surface area contributed by atoms with Crippen LogP contribution in [0.2, 0.25) is 0 Å². The fourth-order valence-electron chi connectivity index (χ4n) is 0.653. The van der Waals surface area contributed by atoms with Gasteiger partial charge in [0.1, 0.15) is 19.4 Å². The summed E-state index contributed by atoms with van der Waals surface area (Å²) in [5, 5.41) is 7.26. The third kappa shape index (κ3) is 2.10. The first kappa shape index (κ1) is 7.84. The van der Waals surface area contributed by atoms with Crippen LogP contribution in [-0.2, 0) is 14.4 Å². The molecule has 0 aromatic rings. The predicted molar refractivity (Wildman–Crippen MR) is 39.5 cm³/mol. The van der Waals surface area contributed by atoms with Gasteiger partial charge in [-0.1, -0.05) is 5.16 Å². The Morgan fingerprint density at radius 1 is 1.64 bits per heavy atom. The van der Waals surface area contributed by atoms with Gasteiger partial charge in [0, 0.05) is 0 Å². The van der Waals surface area contributed by atoms with Gasteiger partial charge in [-0.05, 0) is 12.1 Å².